The molecule has 0 saturated carbocycles. The van der Waals surface area contributed by atoms with E-state index in [0.29, 0.717) is 16.7 Å². The van der Waals surface area contributed by atoms with Gasteiger partial charge in [-0.25, -0.2) is 9.59 Å². The summed E-state index contributed by atoms with van der Waals surface area (Å²) >= 11 is 0. The average molecular weight is 320 g/mol. The first-order valence-electron chi connectivity index (χ1n) is 7.53. The van der Waals surface area contributed by atoms with Crippen molar-refractivity contribution < 1.29 is 8.83 Å². The number of aryl methyl sites for hydroxylation is 2. The lowest BCUT2D eigenvalue weighted by Gasteiger charge is -1.95. The Morgan fingerprint density at radius 2 is 1.42 bits per heavy atom. The molecule has 0 saturated heterocycles. The summed E-state index contributed by atoms with van der Waals surface area (Å²) in [7, 11) is 0. The highest BCUT2D eigenvalue weighted by atomic mass is 16.4. The van der Waals surface area contributed by atoms with E-state index in [1.54, 1.807) is 19.1 Å². The number of benzene rings is 2. The molecule has 24 heavy (non-hydrogen) atoms. The van der Waals surface area contributed by atoms with Crippen LogP contribution in [0.2, 0.25) is 0 Å². The Kier molecular flexibility index (Phi) is 4.29. The Hall–Kier alpha value is -3.14. The van der Waals surface area contributed by atoms with Crippen LogP contribution in [0.1, 0.15) is 11.1 Å². The Morgan fingerprint density at radius 3 is 2.25 bits per heavy atom. The van der Waals surface area contributed by atoms with Crippen LogP contribution in [0.4, 0.5) is 0 Å². The minimum atomic E-state index is -0.300. The Bertz CT molecular complexity index is 1120. The van der Waals surface area contributed by atoms with Crippen molar-refractivity contribution in [3.63, 3.8) is 0 Å². The fourth-order valence-electron chi connectivity index (χ4n) is 2.36. The third-order valence-corrected chi connectivity index (χ3v) is 3.59. The summed E-state index contributed by atoms with van der Waals surface area (Å²) in [5, 5.41) is 1.93. The van der Waals surface area contributed by atoms with Crippen molar-refractivity contribution in [3.8, 4) is 0 Å². The van der Waals surface area contributed by atoms with Gasteiger partial charge < -0.3 is 8.83 Å². The fraction of sp³-hybridized carbons (Fsp3) is 0.100. The molecule has 0 amide bonds. The summed E-state index contributed by atoms with van der Waals surface area (Å²) in [5.74, 6) is 0. The van der Waals surface area contributed by atoms with Crippen LogP contribution in [-0.4, -0.2) is 0 Å². The van der Waals surface area contributed by atoms with E-state index >= 15 is 0 Å². The molecule has 0 bridgehead atoms. The van der Waals surface area contributed by atoms with E-state index in [1.807, 2.05) is 49.4 Å². The predicted molar refractivity (Wildman–Crippen MR) is 94.4 cm³/mol. The average Bonchev–Trinajstić information content (AvgIpc) is 2.57. The van der Waals surface area contributed by atoms with Crippen molar-refractivity contribution in [1.82, 2.24) is 0 Å². The Balaban J connectivity index is 0.000000141. The topological polar surface area (TPSA) is 60.4 Å². The quantitative estimate of drug-likeness (QED) is 0.456. The lowest BCUT2D eigenvalue weighted by Crippen LogP contribution is -2.01. The number of rotatable bonds is 0. The molecule has 120 valence electrons. The van der Waals surface area contributed by atoms with Crippen LogP contribution >= 0.6 is 0 Å². The van der Waals surface area contributed by atoms with Crippen molar-refractivity contribution in [2.75, 3.05) is 0 Å². The van der Waals surface area contributed by atoms with E-state index in [2.05, 4.69) is 0 Å². The van der Waals surface area contributed by atoms with Gasteiger partial charge in [-0.05, 0) is 44.2 Å². The molecule has 0 spiro atoms. The minimum Gasteiger partial charge on any atom is -0.423 e. The van der Waals surface area contributed by atoms with E-state index in [-0.39, 0.29) is 11.3 Å². The van der Waals surface area contributed by atoms with Gasteiger partial charge in [-0.2, -0.15) is 0 Å². The first-order valence-corrected chi connectivity index (χ1v) is 7.53. The molecule has 0 aliphatic heterocycles. The maximum Gasteiger partial charge on any atom is 0.339 e. The van der Waals surface area contributed by atoms with E-state index in [0.717, 1.165) is 16.3 Å². The molecular formula is C20H16O4. The third kappa shape index (κ3) is 3.43. The normalized spacial score (nSPS) is 10.4. The lowest BCUT2D eigenvalue weighted by molar-refractivity contribution is 0.555. The van der Waals surface area contributed by atoms with Gasteiger partial charge in [-0.1, -0.05) is 29.8 Å². The highest BCUT2D eigenvalue weighted by Crippen LogP contribution is 2.13. The Morgan fingerprint density at radius 1 is 0.708 bits per heavy atom. The molecule has 2 aromatic carbocycles. The van der Waals surface area contributed by atoms with E-state index < -0.39 is 0 Å². The molecular weight excluding hydrogens is 304 g/mol. The Labute approximate surface area is 138 Å². The summed E-state index contributed by atoms with van der Waals surface area (Å²) in [6.45, 7) is 3.75. The van der Waals surface area contributed by atoms with E-state index in [1.165, 1.54) is 6.07 Å². The molecule has 4 heteroatoms. The van der Waals surface area contributed by atoms with Gasteiger partial charge in [-0.15, -0.1) is 0 Å². The van der Waals surface area contributed by atoms with Crippen LogP contribution in [0.5, 0.6) is 0 Å². The van der Waals surface area contributed by atoms with Gasteiger partial charge in [0.05, 0.1) is 0 Å². The second-order valence-corrected chi connectivity index (χ2v) is 5.55. The smallest absolute Gasteiger partial charge is 0.339 e. The van der Waals surface area contributed by atoms with Crippen LogP contribution in [-0.2, 0) is 0 Å². The summed E-state index contributed by atoms with van der Waals surface area (Å²) < 4.78 is 10.00. The number of para-hydroxylation sites is 1. The van der Waals surface area contributed by atoms with Crippen molar-refractivity contribution in [3.05, 3.63) is 92.6 Å². The van der Waals surface area contributed by atoms with Gasteiger partial charge in [0.2, 0.25) is 0 Å². The first-order chi connectivity index (χ1) is 11.5. The van der Waals surface area contributed by atoms with E-state index in [4.69, 9.17) is 8.83 Å². The number of fused-ring (bicyclic) bond motifs is 2. The van der Waals surface area contributed by atoms with E-state index in [9.17, 15) is 9.59 Å². The van der Waals surface area contributed by atoms with Crippen molar-refractivity contribution in [2.24, 2.45) is 0 Å². The molecule has 0 fully saturated rings. The standard InChI is InChI=1S/2C10H8O2/c1-7-2-4-9-8(6-7)3-5-10(11)12-9;1-7-6-8-4-2-3-5-9(8)12-10(7)11/h2*2-6H,1H3. The van der Waals surface area contributed by atoms with Crippen molar-refractivity contribution >= 4 is 21.9 Å². The third-order valence-electron chi connectivity index (χ3n) is 3.59. The van der Waals surface area contributed by atoms with Gasteiger partial charge in [0.1, 0.15) is 11.2 Å². The molecule has 0 atom stereocenters. The van der Waals surface area contributed by atoms with Crippen LogP contribution in [0.25, 0.3) is 21.9 Å². The molecule has 0 radical (unpaired) electrons. The molecule has 0 aliphatic carbocycles. The van der Waals surface area contributed by atoms with Crippen molar-refractivity contribution in [2.45, 2.75) is 13.8 Å². The van der Waals surface area contributed by atoms with Crippen molar-refractivity contribution in [1.29, 1.82) is 0 Å². The van der Waals surface area contributed by atoms with Crippen LogP contribution in [0.15, 0.2) is 79.1 Å². The van der Waals surface area contributed by atoms with Gasteiger partial charge >= 0.3 is 11.3 Å². The number of hydrogen-bond donors (Lipinski definition) is 0. The summed E-state index contributed by atoms with van der Waals surface area (Å²) in [5.41, 5.74) is 2.55. The number of hydrogen-bond acceptors (Lipinski definition) is 4. The SMILES string of the molecule is Cc1cc2ccccc2oc1=O.Cc1ccc2oc(=O)ccc2c1. The summed E-state index contributed by atoms with van der Waals surface area (Å²) in [6.07, 6.45) is 0. The van der Waals surface area contributed by atoms with Gasteiger partial charge in [0.25, 0.3) is 0 Å². The summed E-state index contributed by atoms with van der Waals surface area (Å²) in [4.78, 5) is 21.9. The van der Waals surface area contributed by atoms with Gasteiger partial charge in [-0.3, -0.25) is 0 Å². The zero-order valence-electron chi connectivity index (χ0n) is 13.4. The largest absolute Gasteiger partial charge is 0.423 e. The lowest BCUT2D eigenvalue weighted by atomic mass is 10.2. The molecule has 2 heterocycles. The van der Waals surface area contributed by atoms with Crippen LogP contribution in [0.3, 0.4) is 0 Å². The maximum atomic E-state index is 11.1. The molecule has 0 aliphatic rings. The zero-order valence-corrected chi connectivity index (χ0v) is 13.4. The molecule has 0 unspecified atom stereocenters. The molecule has 4 nitrogen and oxygen atoms in total. The first kappa shape index (κ1) is 15.7. The van der Waals surface area contributed by atoms with Gasteiger partial charge in [0.15, 0.2) is 0 Å². The maximum absolute atomic E-state index is 11.1. The second kappa shape index (κ2) is 6.54. The second-order valence-electron chi connectivity index (χ2n) is 5.55. The molecule has 4 aromatic rings. The monoisotopic (exact) mass is 320 g/mol. The molecule has 4 rings (SSSR count). The highest BCUT2D eigenvalue weighted by molar-refractivity contribution is 5.77. The highest BCUT2D eigenvalue weighted by Gasteiger charge is 1.98. The zero-order chi connectivity index (χ0) is 17.1. The molecule has 0 N–H and O–H groups in total. The van der Waals surface area contributed by atoms with Crippen LogP contribution < -0.4 is 11.3 Å². The fourth-order valence-corrected chi connectivity index (χ4v) is 2.36. The summed E-state index contributed by atoms with van der Waals surface area (Å²) in [6, 6.07) is 18.2. The predicted octanol–water partition coefficient (Wildman–Crippen LogP) is 4.20. The molecule has 2 aromatic heterocycles. The van der Waals surface area contributed by atoms with Crippen LogP contribution in [0, 0.1) is 13.8 Å². The minimum absolute atomic E-state index is 0.256. The van der Waals surface area contributed by atoms with Gasteiger partial charge in [0, 0.05) is 22.4 Å².